The second-order valence-electron chi connectivity index (χ2n) is 8.26. The van der Waals surface area contributed by atoms with Crippen molar-refractivity contribution in [1.29, 1.82) is 0 Å². The van der Waals surface area contributed by atoms with Crippen molar-refractivity contribution in [3.8, 4) is 0 Å². The van der Waals surface area contributed by atoms with Crippen LogP contribution in [0.25, 0.3) is 0 Å². The van der Waals surface area contributed by atoms with Crippen molar-refractivity contribution in [2.45, 2.75) is 31.5 Å². The Bertz CT molecular complexity index is 980. The van der Waals surface area contributed by atoms with Crippen LogP contribution < -0.4 is 5.32 Å². The highest BCUT2D eigenvalue weighted by molar-refractivity contribution is 7.88. The number of benzene rings is 1. The van der Waals surface area contributed by atoms with Crippen molar-refractivity contribution in [1.82, 2.24) is 14.5 Å². The van der Waals surface area contributed by atoms with Gasteiger partial charge in [-0.25, -0.2) is 17.2 Å². The van der Waals surface area contributed by atoms with Gasteiger partial charge in [0.05, 0.1) is 18.9 Å². The number of nitrogens with zero attached hydrogens (tertiary/aromatic N) is 2. The van der Waals surface area contributed by atoms with Crippen molar-refractivity contribution in [2.75, 3.05) is 39.0 Å². The Morgan fingerprint density at radius 3 is 2.43 bits per heavy atom. The van der Waals surface area contributed by atoms with Crippen molar-refractivity contribution >= 4 is 15.9 Å². The van der Waals surface area contributed by atoms with Gasteiger partial charge in [-0.1, -0.05) is 0 Å². The smallest absolute Gasteiger partial charge is 0.217 e. The minimum absolute atomic E-state index is 0.0213. The fraction of sp³-hybridized carbons (Fsp3) is 0.550. The van der Waals surface area contributed by atoms with Crippen LogP contribution in [0, 0.1) is 11.6 Å². The van der Waals surface area contributed by atoms with Crippen molar-refractivity contribution < 1.29 is 26.7 Å². The third kappa shape index (κ3) is 4.27. The van der Waals surface area contributed by atoms with Crippen LogP contribution in [0.15, 0.2) is 29.3 Å². The Hall–Kier alpha value is -1.88. The van der Waals surface area contributed by atoms with Gasteiger partial charge in [0.1, 0.15) is 17.7 Å². The molecule has 1 saturated heterocycles. The van der Waals surface area contributed by atoms with E-state index < -0.39 is 33.8 Å². The van der Waals surface area contributed by atoms with E-state index in [0.29, 0.717) is 39.2 Å². The highest BCUT2D eigenvalue weighted by atomic mass is 32.2. The molecule has 1 aromatic carbocycles. The summed E-state index contributed by atoms with van der Waals surface area (Å²) in [5, 5.41) is 2.83. The minimum Gasteiger partial charge on any atom is -0.370 e. The second-order valence-corrected chi connectivity index (χ2v) is 10.2. The molecule has 10 heteroatoms. The van der Waals surface area contributed by atoms with Crippen LogP contribution in [-0.4, -0.2) is 74.7 Å². The predicted molar refractivity (Wildman–Crippen MR) is 106 cm³/mol. The normalized spacial score (nSPS) is 28.1. The molecule has 3 aliphatic rings. The Balaban J connectivity index is 1.46. The summed E-state index contributed by atoms with van der Waals surface area (Å²) < 4.78 is 59.0. The van der Waals surface area contributed by atoms with Gasteiger partial charge in [-0.15, -0.1) is 0 Å². The number of nitrogens with one attached hydrogen (secondary N) is 1. The standard InChI is InChI=1S/C20H25F2N3O4S/c1-12(26)23-19-6-16(11-29-20(19)17-5-15(21)3-4-18(17)22)24-7-13-9-25(30(2,27)28)10-14(13)8-24/h3-5,16,19-20H,6-11H2,1-2H3,(H,23,26)/t16?,19-,20+/m0/s1. The number of hydrogen-bond donors (Lipinski definition) is 1. The molecule has 3 atom stereocenters. The van der Waals surface area contributed by atoms with Gasteiger partial charge in [0, 0.05) is 44.7 Å². The third-order valence-electron chi connectivity index (χ3n) is 6.02. The van der Waals surface area contributed by atoms with E-state index in [1.165, 1.54) is 17.5 Å². The summed E-state index contributed by atoms with van der Waals surface area (Å²) in [5.41, 5.74) is 2.31. The van der Waals surface area contributed by atoms with E-state index >= 15 is 0 Å². The lowest BCUT2D eigenvalue weighted by molar-refractivity contribution is -0.123. The number of rotatable bonds is 4. The number of halogens is 2. The van der Waals surface area contributed by atoms with Crippen molar-refractivity contribution in [3.05, 3.63) is 46.5 Å². The molecule has 3 heterocycles. The molecule has 1 fully saturated rings. The average molecular weight is 442 g/mol. The molecule has 7 nitrogen and oxygen atoms in total. The third-order valence-corrected chi connectivity index (χ3v) is 7.22. The molecule has 0 saturated carbocycles. The molecular weight excluding hydrogens is 416 g/mol. The monoisotopic (exact) mass is 441 g/mol. The van der Waals surface area contributed by atoms with Gasteiger partial charge in [-0.3, -0.25) is 9.69 Å². The van der Waals surface area contributed by atoms with Crippen LogP contribution in [0.2, 0.25) is 0 Å². The highest BCUT2D eigenvalue weighted by Crippen LogP contribution is 2.35. The number of carbonyl (C=O) groups is 1. The Kier molecular flexibility index (Phi) is 5.69. The lowest BCUT2D eigenvalue weighted by atomic mass is 9.92. The molecule has 4 rings (SSSR count). The molecule has 0 aromatic heterocycles. The SMILES string of the molecule is CC(=O)N[C@H]1CC(N2CC3=C(C2)CN(S(C)(=O)=O)C3)CO[C@@H]1c1cc(F)ccc1F. The van der Waals surface area contributed by atoms with Gasteiger partial charge in [-0.05, 0) is 35.8 Å². The molecule has 1 amide bonds. The van der Waals surface area contributed by atoms with E-state index in [-0.39, 0.29) is 17.5 Å². The fourth-order valence-electron chi connectivity index (χ4n) is 4.57. The maximum atomic E-state index is 14.3. The first-order valence-electron chi connectivity index (χ1n) is 9.84. The van der Waals surface area contributed by atoms with E-state index in [4.69, 9.17) is 4.74 Å². The predicted octanol–water partition coefficient (Wildman–Crippen LogP) is 1.19. The quantitative estimate of drug-likeness (QED) is 0.711. The first kappa shape index (κ1) is 21.4. The zero-order valence-corrected chi connectivity index (χ0v) is 17.7. The molecule has 164 valence electrons. The largest absolute Gasteiger partial charge is 0.370 e. The number of carbonyl (C=O) groups excluding carboxylic acids is 1. The summed E-state index contributed by atoms with van der Waals surface area (Å²) in [6, 6.07) is 2.70. The minimum atomic E-state index is -3.22. The zero-order valence-electron chi connectivity index (χ0n) is 16.9. The van der Waals surface area contributed by atoms with Gasteiger partial charge in [0.25, 0.3) is 0 Å². The van der Waals surface area contributed by atoms with Gasteiger partial charge < -0.3 is 10.1 Å². The number of ether oxygens (including phenoxy) is 1. The Labute approximate surface area is 174 Å². The van der Waals surface area contributed by atoms with Gasteiger partial charge in [0.2, 0.25) is 15.9 Å². The summed E-state index contributed by atoms with van der Waals surface area (Å²) in [4.78, 5) is 13.9. The molecule has 1 N–H and O–H groups in total. The first-order valence-corrected chi connectivity index (χ1v) is 11.7. The Morgan fingerprint density at radius 1 is 1.17 bits per heavy atom. The molecular formula is C20H25F2N3O4S. The van der Waals surface area contributed by atoms with Crippen molar-refractivity contribution in [3.63, 3.8) is 0 Å². The molecule has 30 heavy (non-hydrogen) atoms. The van der Waals surface area contributed by atoms with Crippen LogP contribution in [-0.2, 0) is 19.6 Å². The van der Waals surface area contributed by atoms with Gasteiger partial charge in [-0.2, -0.15) is 4.31 Å². The molecule has 1 aromatic rings. The zero-order chi connectivity index (χ0) is 21.6. The second kappa shape index (κ2) is 7.99. The number of hydrogen-bond acceptors (Lipinski definition) is 5. The summed E-state index contributed by atoms with van der Waals surface area (Å²) in [7, 11) is -3.22. The van der Waals surface area contributed by atoms with E-state index in [1.807, 2.05) is 0 Å². The molecule has 0 bridgehead atoms. The van der Waals surface area contributed by atoms with E-state index in [1.54, 1.807) is 0 Å². The lowest BCUT2D eigenvalue weighted by Gasteiger charge is -2.41. The van der Waals surface area contributed by atoms with Crippen LogP contribution in [0.3, 0.4) is 0 Å². The summed E-state index contributed by atoms with van der Waals surface area (Å²) >= 11 is 0. The number of amides is 1. The van der Waals surface area contributed by atoms with Crippen LogP contribution in [0.4, 0.5) is 8.78 Å². The van der Waals surface area contributed by atoms with Crippen LogP contribution in [0.1, 0.15) is 25.0 Å². The average Bonchev–Trinajstić information content (AvgIpc) is 3.22. The van der Waals surface area contributed by atoms with E-state index in [0.717, 1.165) is 29.3 Å². The van der Waals surface area contributed by atoms with Gasteiger partial charge >= 0.3 is 0 Å². The van der Waals surface area contributed by atoms with E-state index in [9.17, 15) is 22.0 Å². The summed E-state index contributed by atoms with van der Waals surface area (Å²) in [6.07, 6.45) is 0.964. The Morgan fingerprint density at radius 2 is 1.83 bits per heavy atom. The van der Waals surface area contributed by atoms with Crippen LogP contribution >= 0.6 is 0 Å². The highest BCUT2D eigenvalue weighted by Gasteiger charge is 2.41. The molecule has 3 aliphatic heterocycles. The maximum absolute atomic E-state index is 14.3. The summed E-state index contributed by atoms with van der Waals surface area (Å²) in [6.45, 7) is 3.79. The first-order chi connectivity index (χ1) is 14.1. The van der Waals surface area contributed by atoms with E-state index in [2.05, 4.69) is 10.2 Å². The van der Waals surface area contributed by atoms with Crippen LogP contribution in [0.5, 0.6) is 0 Å². The lowest BCUT2D eigenvalue weighted by Crippen LogP contribution is -2.52. The maximum Gasteiger partial charge on any atom is 0.217 e. The molecule has 0 radical (unpaired) electrons. The number of sulfonamides is 1. The topological polar surface area (TPSA) is 79.0 Å². The van der Waals surface area contributed by atoms with Gasteiger partial charge in [0.15, 0.2) is 0 Å². The molecule has 0 spiro atoms. The summed E-state index contributed by atoms with van der Waals surface area (Å²) in [5.74, 6) is -1.40. The fourth-order valence-corrected chi connectivity index (χ4v) is 5.35. The molecule has 0 aliphatic carbocycles. The molecule has 1 unspecified atom stereocenters. The van der Waals surface area contributed by atoms with Crippen molar-refractivity contribution in [2.24, 2.45) is 0 Å².